The number of nitrogens with two attached hydrogens (primary N) is 1. The van der Waals surface area contributed by atoms with Crippen LogP contribution in [0, 0.1) is 0 Å². The lowest BCUT2D eigenvalue weighted by molar-refractivity contribution is 0.0411. The van der Waals surface area contributed by atoms with Gasteiger partial charge >= 0.3 is 6.09 Å². The summed E-state index contributed by atoms with van der Waals surface area (Å²) in [4.78, 5) is 12.5. The van der Waals surface area contributed by atoms with Crippen LogP contribution in [-0.2, 0) is 5.66 Å². The number of hydrogen-bond donors (Lipinski definition) is 2. The van der Waals surface area contributed by atoms with Crippen molar-refractivity contribution in [2.24, 2.45) is 5.73 Å². The van der Waals surface area contributed by atoms with Crippen molar-refractivity contribution in [1.29, 1.82) is 0 Å². The van der Waals surface area contributed by atoms with Crippen LogP contribution in [0.3, 0.4) is 0 Å². The Kier molecular flexibility index (Phi) is 3.45. The van der Waals surface area contributed by atoms with E-state index in [0.29, 0.717) is 24.9 Å². The molecule has 1 aromatic carbocycles. The molecule has 1 unspecified atom stereocenters. The molecule has 1 aliphatic rings. The summed E-state index contributed by atoms with van der Waals surface area (Å²) in [6.45, 7) is 0.321. The van der Waals surface area contributed by atoms with Gasteiger partial charge in [-0.2, -0.15) is 0 Å². The van der Waals surface area contributed by atoms with E-state index in [1.165, 1.54) is 0 Å². The zero-order chi connectivity index (χ0) is 13.4. The van der Waals surface area contributed by atoms with Gasteiger partial charge in [0.25, 0.3) is 0 Å². The maximum absolute atomic E-state index is 11.4. The molecule has 4 nitrogen and oxygen atoms in total. The molecule has 0 aromatic heterocycles. The number of nitrogens with zero attached hydrogens (tertiary/aromatic N) is 1. The molecule has 1 heterocycles. The van der Waals surface area contributed by atoms with E-state index < -0.39 is 16.1 Å². The highest BCUT2D eigenvalue weighted by atomic mass is 35.5. The van der Waals surface area contributed by atoms with Crippen LogP contribution in [0.2, 0.25) is 0 Å². The minimum Gasteiger partial charge on any atom is -0.465 e. The maximum Gasteiger partial charge on any atom is 0.409 e. The molecule has 6 heteroatoms. The molecule has 1 aromatic rings. The molecule has 0 saturated carbocycles. The molecule has 98 valence electrons. The van der Waals surface area contributed by atoms with Gasteiger partial charge in [-0.05, 0) is 18.4 Å². The van der Waals surface area contributed by atoms with E-state index in [4.69, 9.17) is 28.9 Å². The number of piperidine rings is 1. The number of carbonyl (C=O) groups is 1. The first-order valence-electron chi connectivity index (χ1n) is 5.62. The summed E-state index contributed by atoms with van der Waals surface area (Å²) in [7, 11) is 0. The number of benzene rings is 1. The molecule has 18 heavy (non-hydrogen) atoms. The second kappa shape index (κ2) is 4.61. The van der Waals surface area contributed by atoms with E-state index in [0.717, 1.165) is 4.90 Å². The smallest absolute Gasteiger partial charge is 0.409 e. The van der Waals surface area contributed by atoms with Crippen molar-refractivity contribution in [2.75, 3.05) is 6.54 Å². The van der Waals surface area contributed by atoms with Gasteiger partial charge in [-0.15, -0.1) is 0 Å². The Morgan fingerprint density at radius 1 is 1.33 bits per heavy atom. The Morgan fingerprint density at radius 2 is 1.94 bits per heavy atom. The van der Waals surface area contributed by atoms with Crippen molar-refractivity contribution in [1.82, 2.24) is 4.90 Å². The third-order valence-electron chi connectivity index (χ3n) is 3.30. The number of hydrogen-bond acceptors (Lipinski definition) is 2. The molecule has 1 saturated heterocycles. The Hall–Kier alpha value is -0.970. The number of halogens is 2. The van der Waals surface area contributed by atoms with E-state index in [1.807, 2.05) is 6.07 Å². The largest absolute Gasteiger partial charge is 0.465 e. The quantitative estimate of drug-likeness (QED) is 0.781. The van der Waals surface area contributed by atoms with Gasteiger partial charge < -0.3 is 10.8 Å². The summed E-state index contributed by atoms with van der Waals surface area (Å²) in [6.07, 6.45) is -0.0807. The molecule has 1 amide bonds. The molecule has 2 rings (SSSR count). The first-order valence-corrected chi connectivity index (χ1v) is 6.38. The van der Waals surface area contributed by atoms with Crippen molar-refractivity contribution in [3.63, 3.8) is 0 Å². The highest BCUT2D eigenvalue weighted by Crippen LogP contribution is 2.48. The summed E-state index contributed by atoms with van der Waals surface area (Å²) in [5, 5.41) is 9.30. The van der Waals surface area contributed by atoms with E-state index >= 15 is 0 Å². The Morgan fingerprint density at radius 3 is 2.50 bits per heavy atom. The summed E-state index contributed by atoms with van der Waals surface area (Å²) < 4.78 is -1.34. The van der Waals surface area contributed by atoms with E-state index in [1.54, 1.807) is 24.3 Å². The van der Waals surface area contributed by atoms with Crippen LogP contribution in [0.5, 0.6) is 0 Å². The Labute approximate surface area is 115 Å². The third-order valence-corrected chi connectivity index (χ3v) is 4.25. The van der Waals surface area contributed by atoms with Gasteiger partial charge in [0.05, 0.1) is 0 Å². The topological polar surface area (TPSA) is 66.6 Å². The van der Waals surface area contributed by atoms with Crippen LogP contribution in [0.1, 0.15) is 18.4 Å². The first kappa shape index (κ1) is 13.5. The molecule has 0 radical (unpaired) electrons. The van der Waals surface area contributed by atoms with Gasteiger partial charge in [-0.1, -0.05) is 53.5 Å². The van der Waals surface area contributed by atoms with Gasteiger partial charge in [0, 0.05) is 6.54 Å². The van der Waals surface area contributed by atoms with Gasteiger partial charge in [0.2, 0.25) is 0 Å². The summed E-state index contributed by atoms with van der Waals surface area (Å²) >= 11 is 12.6. The normalized spacial score (nSPS) is 26.9. The highest BCUT2D eigenvalue weighted by Gasteiger charge is 2.56. The van der Waals surface area contributed by atoms with Crippen LogP contribution >= 0.6 is 23.2 Å². The molecule has 1 aliphatic heterocycles. The summed E-state index contributed by atoms with van der Waals surface area (Å²) in [6, 6.07) is 8.86. The zero-order valence-electron chi connectivity index (χ0n) is 9.64. The van der Waals surface area contributed by atoms with Gasteiger partial charge in [0.15, 0.2) is 10.00 Å². The number of likely N-dealkylation sites (tertiary alicyclic amines) is 1. The van der Waals surface area contributed by atoms with Crippen molar-refractivity contribution in [3.05, 3.63) is 35.9 Å². The number of rotatable bonds is 1. The fourth-order valence-electron chi connectivity index (χ4n) is 2.33. The summed E-state index contributed by atoms with van der Waals surface area (Å²) in [5.74, 6) is 0. The van der Waals surface area contributed by atoms with Crippen LogP contribution in [-0.4, -0.2) is 27.0 Å². The second-order valence-electron chi connectivity index (χ2n) is 4.37. The van der Waals surface area contributed by atoms with Crippen LogP contribution < -0.4 is 5.73 Å². The lowest BCUT2D eigenvalue weighted by Gasteiger charge is -2.50. The predicted molar refractivity (Wildman–Crippen MR) is 70.7 cm³/mol. The fraction of sp³-hybridized carbons (Fsp3) is 0.417. The van der Waals surface area contributed by atoms with Crippen molar-refractivity contribution >= 4 is 29.3 Å². The van der Waals surface area contributed by atoms with E-state index in [-0.39, 0.29) is 0 Å². The fourth-order valence-corrected chi connectivity index (χ4v) is 3.02. The van der Waals surface area contributed by atoms with Gasteiger partial charge in [-0.25, -0.2) is 4.79 Å². The average Bonchev–Trinajstić information content (AvgIpc) is 2.33. The molecule has 0 bridgehead atoms. The van der Waals surface area contributed by atoms with Crippen LogP contribution in [0.25, 0.3) is 0 Å². The molecule has 3 N–H and O–H groups in total. The van der Waals surface area contributed by atoms with Gasteiger partial charge in [0.1, 0.15) is 0 Å². The molecular weight excluding hydrogens is 275 g/mol. The monoisotopic (exact) mass is 288 g/mol. The lowest BCUT2D eigenvalue weighted by atomic mass is 9.88. The number of alkyl halides is 2. The minimum absolute atomic E-state index is 0.321. The molecule has 1 atom stereocenters. The summed E-state index contributed by atoms with van der Waals surface area (Å²) in [5.41, 5.74) is 5.45. The number of amides is 1. The molecule has 0 aliphatic carbocycles. The van der Waals surface area contributed by atoms with Gasteiger partial charge in [-0.3, -0.25) is 4.90 Å². The Balaban J connectivity index is 2.55. The third kappa shape index (κ3) is 1.94. The van der Waals surface area contributed by atoms with Crippen molar-refractivity contribution < 1.29 is 9.90 Å². The lowest BCUT2D eigenvalue weighted by Crippen LogP contribution is -2.67. The van der Waals surface area contributed by atoms with Crippen LogP contribution in [0.4, 0.5) is 4.79 Å². The number of carboxylic acid groups (broad SMARTS) is 1. The predicted octanol–water partition coefficient (Wildman–Crippen LogP) is 2.75. The van der Waals surface area contributed by atoms with E-state index in [9.17, 15) is 9.90 Å². The van der Waals surface area contributed by atoms with Crippen molar-refractivity contribution in [3.8, 4) is 0 Å². The molecule has 1 fully saturated rings. The Bertz CT molecular complexity index is 453. The van der Waals surface area contributed by atoms with Crippen molar-refractivity contribution in [2.45, 2.75) is 22.8 Å². The highest BCUT2D eigenvalue weighted by molar-refractivity contribution is 6.49. The molecule has 0 spiro atoms. The molecular formula is C12H14Cl2N2O2. The maximum atomic E-state index is 11.4. The first-order chi connectivity index (χ1) is 8.39. The van der Waals surface area contributed by atoms with E-state index in [2.05, 4.69) is 0 Å². The van der Waals surface area contributed by atoms with Crippen LogP contribution in [0.15, 0.2) is 30.3 Å². The standard InChI is InChI=1S/C12H14Cl2N2O2/c13-11(14)7-4-8-16(10(17)18)12(11,15)9-5-2-1-3-6-9/h1-3,5-6H,4,7-8,15H2,(H,17,18). The average molecular weight is 289 g/mol. The SMILES string of the molecule is NC1(c2ccccc2)N(C(=O)O)CCCC1(Cl)Cl. The second-order valence-corrected chi connectivity index (χ2v) is 5.86. The zero-order valence-corrected chi connectivity index (χ0v) is 11.2. The minimum atomic E-state index is -1.43.